The van der Waals surface area contributed by atoms with Crippen LogP contribution in [0.3, 0.4) is 0 Å². The number of esters is 1. The molecular weight excluding hydrogens is 160 g/mol. The fourth-order valence-electron chi connectivity index (χ4n) is 1.47. The molecule has 0 aromatic heterocycles. The summed E-state index contributed by atoms with van der Waals surface area (Å²) in [7, 11) is 0. The smallest absolute Gasteiger partial charge is 0.311 e. The molecule has 0 heterocycles. The Morgan fingerprint density at radius 1 is 1.50 bits per heavy atom. The molecule has 1 saturated carbocycles. The van der Waals surface area contributed by atoms with E-state index in [1.54, 1.807) is 6.92 Å². The Bertz CT molecular complexity index is 168. The largest absolute Gasteiger partial charge is 0.466 e. The topological polar surface area (TPSA) is 66.8 Å². The maximum absolute atomic E-state index is 11.1. The third-order valence-electron chi connectivity index (χ3n) is 2.17. The predicted molar refractivity (Wildman–Crippen MR) is 41.4 cm³/mol. The summed E-state index contributed by atoms with van der Waals surface area (Å²) in [5.74, 6) is -0.929. The molecule has 3 atom stereocenters. The number of carbonyl (C=O) groups excluding carboxylic acids is 1. The Morgan fingerprint density at radius 2 is 2.17 bits per heavy atom. The lowest BCUT2D eigenvalue weighted by Gasteiger charge is -2.14. The number of carbonyl (C=O) groups is 1. The summed E-state index contributed by atoms with van der Waals surface area (Å²) in [4.78, 5) is 11.1. The van der Waals surface area contributed by atoms with Crippen LogP contribution < -0.4 is 0 Å². The molecule has 0 saturated heterocycles. The summed E-state index contributed by atoms with van der Waals surface area (Å²) in [5, 5.41) is 18.4. The molecule has 4 heteroatoms. The molecule has 4 nitrogen and oxygen atoms in total. The molecule has 12 heavy (non-hydrogen) atoms. The molecule has 1 fully saturated rings. The van der Waals surface area contributed by atoms with Crippen LogP contribution in [0.1, 0.15) is 19.8 Å². The van der Waals surface area contributed by atoms with Crippen molar-refractivity contribution in [3.8, 4) is 0 Å². The molecule has 0 radical (unpaired) electrons. The van der Waals surface area contributed by atoms with Gasteiger partial charge in [0, 0.05) is 0 Å². The lowest BCUT2D eigenvalue weighted by molar-refractivity contribution is -0.152. The van der Waals surface area contributed by atoms with Crippen LogP contribution in [0.15, 0.2) is 0 Å². The Hall–Kier alpha value is -0.610. The molecule has 0 amide bonds. The van der Waals surface area contributed by atoms with Gasteiger partial charge in [0.1, 0.15) is 0 Å². The zero-order chi connectivity index (χ0) is 9.14. The lowest BCUT2D eigenvalue weighted by Crippen LogP contribution is -2.31. The first-order valence-electron chi connectivity index (χ1n) is 4.19. The van der Waals surface area contributed by atoms with Crippen molar-refractivity contribution in [1.29, 1.82) is 0 Å². The maximum Gasteiger partial charge on any atom is 0.311 e. The van der Waals surface area contributed by atoms with Gasteiger partial charge in [0.2, 0.25) is 0 Å². The molecule has 0 aromatic rings. The second-order valence-electron chi connectivity index (χ2n) is 2.99. The van der Waals surface area contributed by atoms with Gasteiger partial charge in [0.15, 0.2) is 0 Å². The van der Waals surface area contributed by atoms with Gasteiger partial charge in [-0.25, -0.2) is 0 Å². The zero-order valence-corrected chi connectivity index (χ0v) is 7.06. The predicted octanol–water partition coefficient (Wildman–Crippen LogP) is -0.319. The summed E-state index contributed by atoms with van der Waals surface area (Å²) >= 11 is 0. The van der Waals surface area contributed by atoms with Crippen LogP contribution in [0, 0.1) is 5.92 Å². The van der Waals surface area contributed by atoms with Crippen LogP contribution in [0.25, 0.3) is 0 Å². The molecular formula is C8H14O4. The van der Waals surface area contributed by atoms with E-state index >= 15 is 0 Å². The fraction of sp³-hybridized carbons (Fsp3) is 0.875. The van der Waals surface area contributed by atoms with Gasteiger partial charge in [-0.1, -0.05) is 0 Å². The van der Waals surface area contributed by atoms with E-state index in [1.807, 2.05) is 0 Å². The minimum atomic E-state index is -0.941. The third kappa shape index (κ3) is 1.76. The molecule has 0 bridgehead atoms. The molecule has 1 aliphatic carbocycles. The number of aliphatic hydroxyl groups excluding tert-OH is 2. The number of hydrogen-bond acceptors (Lipinski definition) is 4. The third-order valence-corrected chi connectivity index (χ3v) is 2.17. The van der Waals surface area contributed by atoms with Gasteiger partial charge >= 0.3 is 5.97 Å². The van der Waals surface area contributed by atoms with E-state index in [0.717, 1.165) is 0 Å². The molecule has 1 aliphatic rings. The van der Waals surface area contributed by atoms with Crippen LogP contribution in [0.5, 0.6) is 0 Å². The Kier molecular flexibility index (Phi) is 3.05. The molecule has 0 spiro atoms. The lowest BCUT2D eigenvalue weighted by atomic mass is 10.1. The van der Waals surface area contributed by atoms with Gasteiger partial charge in [-0.15, -0.1) is 0 Å². The highest BCUT2D eigenvalue weighted by atomic mass is 16.5. The summed E-state index contributed by atoms with van der Waals surface area (Å²) < 4.78 is 4.73. The molecule has 2 N–H and O–H groups in total. The van der Waals surface area contributed by atoms with Crippen molar-refractivity contribution in [3.05, 3.63) is 0 Å². The minimum Gasteiger partial charge on any atom is -0.466 e. The minimum absolute atomic E-state index is 0.318. The highest BCUT2D eigenvalue weighted by Crippen LogP contribution is 2.26. The van der Waals surface area contributed by atoms with Crippen LogP contribution in [-0.4, -0.2) is 35.0 Å². The van der Waals surface area contributed by atoms with Gasteiger partial charge < -0.3 is 14.9 Å². The SMILES string of the molecule is CCOC(=O)[C@@H]1CC[C@H](O)[C@@H]1O. The van der Waals surface area contributed by atoms with E-state index in [9.17, 15) is 9.90 Å². The Morgan fingerprint density at radius 3 is 2.58 bits per heavy atom. The fourth-order valence-corrected chi connectivity index (χ4v) is 1.47. The Labute approximate surface area is 71.2 Å². The van der Waals surface area contributed by atoms with Gasteiger partial charge in [-0.05, 0) is 19.8 Å². The molecule has 1 rings (SSSR count). The van der Waals surface area contributed by atoms with E-state index in [-0.39, 0.29) is 0 Å². The highest BCUT2D eigenvalue weighted by molar-refractivity contribution is 5.73. The number of hydrogen-bond donors (Lipinski definition) is 2. The van der Waals surface area contributed by atoms with Crippen LogP contribution in [0.2, 0.25) is 0 Å². The molecule has 0 aromatic carbocycles. The van der Waals surface area contributed by atoms with Crippen molar-refractivity contribution in [2.24, 2.45) is 5.92 Å². The molecule has 70 valence electrons. The molecule has 0 aliphatic heterocycles. The Balaban J connectivity index is 2.47. The van der Waals surface area contributed by atoms with Crippen molar-refractivity contribution < 1.29 is 19.7 Å². The van der Waals surface area contributed by atoms with Crippen LogP contribution >= 0.6 is 0 Å². The van der Waals surface area contributed by atoms with Gasteiger partial charge in [0.05, 0.1) is 24.7 Å². The monoisotopic (exact) mass is 174 g/mol. The second kappa shape index (κ2) is 3.87. The maximum atomic E-state index is 11.1. The normalized spacial score (nSPS) is 35.1. The summed E-state index contributed by atoms with van der Waals surface area (Å²) in [6.07, 6.45) is -0.713. The number of rotatable bonds is 2. The molecule has 0 unspecified atom stereocenters. The van der Waals surface area contributed by atoms with Gasteiger partial charge in [-0.2, -0.15) is 0 Å². The first-order chi connectivity index (χ1) is 5.66. The van der Waals surface area contributed by atoms with E-state index in [0.29, 0.717) is 19.4 Å². The van der Waals surface area contributed by atoms with E-state index in [1.165, 1.54) is 0 Å². The highest BCUT2D eigenvalue weighted by Gasteiger charge is 2.38. The van der Waals surface area contributed by atoms with Crippen molar-refractivity contribution in [3.63, 3.8) is 0 Å². The zero-order valence-electron chi connectivity index (χ0n) is 7.06. The first-order valence-corrected chi connectivity index (χ1v) is 4.19. The quantitative estimate of drug-likeness (QED) is 0.563. The van der Waals surface area contributed by atoms with E-state index in [2.05, 4.69) is 0 Å². The van der Waals surface area contributed by atoms with Crippen LogP contribution in [-0.2, 0) is 9.53 Å². The average molecular weight is 174 g/mol. The summed E-state index contributed by atoms with van der Waals surface area (Å²) in [6, 6.07) is 0. The van der Waals surface area contributed by atoms with Gasteiger partial charge in [0.25, 0.3) is 0 Å². The van der Waals surface area contributed by atoms with Gasteiger partial charge in [-0.3, -0.25) is 4.79 Å². The van der Waals surface area contributed by atoms with E-state index < -0.39 is 24.1 Å². The number of aliphatic hydroxyl groups is 2. The first kappa shape index (κ1) is 9.48. The number of ether oxygens (including phenoxy) is 1. The average Bonchev–Trinajstić information content (AvgIpc) is 2.34. The second-order valence-corrected chi connectivity index (χ2v) is 2.99. The van der Waals surface area contributed by atoms with Crippen LogP contribution in [0.4, 0.5) is 0 Å². The van der Waals surface area contributed by atoms with Crippen molar-refractivity contribution in [2.75, 3.05) is 6.61 Å². The van der Waals surface area contributed by atoms with E-state index in [4.69, 9.17) is 9.84 Å². The summed E-state index contributed by atoms with van der Waals surface area (Å²) in [5.41, 5.74) is 0. The van der Waals surface area contributed by atoms with Crippen molar-refractivity contribution >= 4 is 5.97 Å². The standard InChI is InChI=1S/C8H14O4/c1-2-12-8(11)5-3-4-6(9)7(5)10/h5-7,9-10H,2-4H2,1H3/t5-,6+,7-/m1/s1. The van der Waals surface area contributed by atoms with Crippen molar-refractivity contribution in [2.45, 2.75) is 32.0 Å². The summed E-state index contributed by atoms with van der Waals surface area (Å²) in [6.45, 7) is 2.04. The van der Waals surface area contributed by atoms with Crippen molar-refractivity contribution in [1.82, 2.24) is 0 Å².